The molecule has 2 aliphatic rings. The highest BCUT2D eigenvalue weighted by molar-refractivity contribution is 7.91. The Bertz CT molecular complexity index is 2900. The zero-order valence-corrected chi connectivity index (χ0v) is 49.7. The molecule has 2 heterocycles. The maximum absolute atomic E-state index is 13.3. The molecule has 5 aromatic rings. The van der Waals surface area contributed by atoms with Crippen LogP contribution in [0.2, 0.25) is 20.1 Å². The molecule has 7 rings (SSSR count). The molecule has 0 spiro atoms. The van der Waals surface area contributed by atoms with Crippen LogP contribution in [0.1, 0.15) is 85.2 Å². The lowest BCUT2D eigenvalue weighted by Gasteiger charge is -2.33. The van der Waals surface area contributed by atoms with E-state index in [0.29, 0.717) is 104 Å². The van der Waals surface area contributed by atoms with E-state index in [0.717, 1.165) is 33.4 Å². The minimum absolute atomic E-state index is 0.0518. The molecule has 0 saturated carbocycles. The summed E-state index contributed by atoms with van der Waals surface area (Å²) in [7, 11) is -3.33. The molecule has 80 heavy (non-hydrogen) atoms. The van der Waals surface area contributed by atoms with Crippen LogP contribution in [-0.4, -0.2) is 164 Å². The van der Waals surface area contributed by atoms with Crippen molar-refractivity contribution in [3.63, 3.8) is 0 Å². The molecule has 2 unspecified atom stereocenters. The molecule has 1 amide bonds. The average Bonchev–Trinajstić information content (AvgIpc) is 3.49. The van der Waals surface area contributed by atoms with Crippen molar-refractivity contribution in [3.05, 3.63) is 162 Å². The van der Waals surface area contributed by atoms with Crippen molar-refractivity contribution in [2.75, 3.05) is 125 Å². The van der Waals surface area contributed by atoms with Gasteiger partial charge in [-0.2, -0.15) is 0 Å². The minimum atomic E-state index is -3.80. The van der Waals surface area contributed by atoms with Gasteiger partial charge in [-0.3, -0.25) is 9.59 Å². The predicted octanol–water partition coefficient (Wildman–Crippen LogP) is 9.09. The number of carbonyl (C=O) groups excluding carboxylic acids is 2. The van der Waals surface area contributed by atoms with Crippen molar-refractivity contribution in [2.24, 2.45) is 0 Å². The number of hydrogen-bond acceptors (Lipinski definition) is 14. The maximum Gasteiger partial charge on any atom is 0.252 e. The van der Waals surface area contributed by atoms with E-state index in [1.54, 1.807) is 72.8 Å². The highest BCUT2D eigenvalue weighted by Crippen LogP contribution is 2.40. The Kier molecular flexibility index (Phi) is 25.1. The van der Waals surface area contributed by atoms with Crippen LogP contribution in [-0.2, 0) is 61.4 Å². The molecule has 2 atom stereocenters. The van der Waals surface area contributed by atoms with E-state index in [1.807, 2.05) is 38.4 Å². The molecular formula is C58H70Cl4N4O12S2. The standard InChI is InChI=1S/C58H70Cl4N4O12S2/c1-65-37-51(49-33-43(59)35-55(61)53(49)39-65)41-9-5-11-45(31-41)79(69,70)30-8-19-74-23-27-77-26-22-73-18-7-15-57(67)47-13-3-4-14-48(47)58(68)63-16-20-75-24-28-78-29-25-76-21-17-64-80(71,72)46-12-6-10-42(32-46)52-38-66(2)40-54-50(52)34-44(60)36-56(54)62/h3-6,9-14,31-36,51-52,64H,7-8,15-30,37-40H2,1-2H3,(H,63,68). The van der Waals surface area contributed by atoms with Gasteiger partial charge in [-0.25, -0.2) is 21.6 Å². The van der Waals surface area contributed by atoms with Gasteiger partial charge in [0.2, 0.25) is 10.0 Å². The van der Waals surface area contributed by atoms with Gasteiger partial charge in [0.05, 0.1) is 87.2 Å². The fourth-order valence-electron chi connectivity index (χ4n) is 9.69. The van der Waals surface area contributed by atoms with Crippen LogP contribution in [0.3, 0.4) is 0 Å². The first kappa shape index (κ1) is 63.5. The number of likely N-dealkylation sites (N-methyl/N-ethyl adjacent to an activating group) is 2. The Labute approximate surface area is 490 Å². The minimum Gasteiger partial charge on any atom is -0.379 e. The molecule has 0 bridgehead atoms. The van der Waals surface area contributed by atoms with E-state index < -0.39 is 19.9 Å². The Hall–Kier alpha value is -4.06. The van der Waals surface area contributed by atoms with Crippen molar-refractivity contribution in [1.29, 1.82) is 0 Å². The Morgan fingerprint density at radius 2 is 1.00 bits per heavy atom. The van der Waals surface area contributed by atoms with Crippen LogP contribution in [0, 0.1) is 0 Å². The van der Waals surface area contributed by atoms with Gasteiger partial charge in [-0.05, 0) is 115 Å². The molecule has 0 radical (unpaired) electrons. The number of carbonyl (C=O) groups is 2. The van der Waals surface area contributed by atoms with Crippen LogP contribution in [0.25, 0.3) is 0 Å². The van der Waals surface area contributed by atoms with Gasteiger partial charge in [0.25, 0.3) is 5.91 Å². The van der Waals surface area contributed by atoms with Crippen LogP contribution >= 0.6 is 46.4 Å². The SMILES string of the molecule is CN1Cc2c(Cl)cc(Cl)cc2C(c2cccc(S(=O)(=O)CCCOCCOCCOCCCC(=O)c3ccccc3C(=O)NCCOCCOCCOCCNS(=O)(=O)c3cccc(C4CN(C)Cc5c(Cl)cc(Cl)cc54)c3)c2)C1. The lowest BCUT2D eigenvalue weighted by atomic mass is 9.85. The molecule has 0 fully saturated rings. The van der Waals surface area contributed by atoms with E-state index in [4.69, 9.17) is 74.8 Å². The quantitative estimate of drug-likeness (QED) is 0.0299. The average molecular weight is 1220 g/mol. The zero-order valence-electron chi connectivity index (χ0n) is 45.1. The van der Waals surface area contributed by atoms with Crippen LogP contribution in [0.4, 0.5) is 0 Å². The molecule has 434 valence electrons. The lowest BCUT2D eigenvalue weighted by molar-refractivity contribution is 0.0142. The van der Waals surface area contributed by atoms with E-state index in [-0.39, 0.29) is 104 Å². The highest BCUT2D eigenvalue weighted by Gasteiger charge is 2.30. The van der Waals surface area contributed by atoms with Gasteiger partial charge in [-0.1, -0.05) is 88.9 Å². The smallest absolute Gasteiger partial charge is 0.252 e. The molecule has 2 aliphatic heterocycles. The largest absolute Gasteiger partial charge is 0.379 e. The molecule has 0 aliphatic carbocycles. The van der Waals surface area contributed by atoms with Crippen LogP contribution < -0.4 is 10.0 Å². The molecule has 2 N–H and O–H groups in total. The second-order valence-electron chi connectivity index (χ2n) is 19.6. The Morgan fingerprint density at radius 1 is 0.537 bits per heavy atom. The fourth-order valence-corrected chi connectivity index (χ4v) is 13.2. The van der Waals surface area contributed by atoms with Gasteiger partial charge in [-0.15, -0.1) is 0 Å². The molecule has 22 heteroatoms. The Morgan fingerprint density at radius 3 is 1.55 bits per heavy atom. The number of nitrogens with zero attached hydrogens (tertiary/aromatic N) is 2. The van der Waals surface area contributed by atoms with Gasteiger partial charge < -0.3 is 43.5 Å². The number of sulfonamides is 1. The summed E-state index contributed by atoms with van der Waals surface area (Å²) in [4.78, 5) is 30.9. The zero-order chi connectivity index (χ0) is 57.1. The first-order valence-corrected chi connectivity index (χ1v) is 31.3. The molecule has 5 aromatic carbocycles. The van der Waals surface area contributed by atoms with E-state index in [9.17, 15) is 26.4 Å². The van der Waals surface area contributed by atoms with E-state index >= 15 is 0 Å². The first-order chi connectivity index (χ1) is 38.5. The van der Waals surface area contributed by atoms with Crippen molar-refractivity contribution >= 4 is 78.0 Å². The molecule has 16 nitrogen and oxygen atoms in total. The summed E-state index contributed by atoms with van der Waals surface area (Å²) in [5, 5.41) is 5.09. The van der Waals surface area contributed by atoms with Gasteiger partial charge in [0, 0.05) is 96.4 Å². The number of nitrogens with one attached hydrogen (secondary N) is 2. The van der Waals surface area contributed by atoms with Crippen molar-refractivity contribution in [1.82, 2.24) is 19.8 Å². The van der Waals surface area contributed by atoms with E-state index in [1.165, 1.54) is 0 Å². The van der Waals surface area contributed by atoms with Crippen LogP contribution in [0.5, 0.6) is 0 Å². The highest BCUT2D eigenvalue weighted by atomic mass is 35.5. The summed E-state index contributed by atoms with van der Waals surface area (Å²) in [6.45, 7) is 6.47. The topological polar surface area (TPSA) is 188 Å². The monoisotopic (exact) mass is 1220 g/mol. The summed E-state index contributed by atoms with van der Waals surface area (Å²) < 4.78 is 89.2. The number of benzene rings is 5. The summed E-state index contributed by atoms with van der Waals surface area (Å²) in [5.41, 5.74) is 6.36. The number of sulfone groups is 1. The molecule has 0 saturated heterocycles. The van der Waals surface area contributed by atoms with E-state index in [2.05, 4.69) is 19.8 Å². The van der Waals surface area contributed by atoms with Crippen LogP contribution in [0.15, 0.2) is 107 Å². The number of halogens is 4. The summed E-state index contributed by atoms with van der Waals surface area (Å²) in [6, 6.07) is 28.0. The number of rotatable bonds is 33. The normalized spacial score (nSPS) is 15.9. The predicted molar refractivity (Wildman–Crippen MR) is 311 cm³/mol. The third kappa shape index (κ3) is 18.7. The fraction of sp³-hybridized carbons (Fsp3) is 0.448. The number of hydrogen-bond donors (Lipinski definition) is 2. The number of ether oxygens (including phenoxy) is 6. The summed E-state index contributed by atoms with van der Waals surface area (Å²) in [6.07, 6.45) is 0.992. The first-order valence-electron chi connectivity index (χ1n) is 26.6. The summed E-state index contributed by atoms with van der Waals surface area (Å²) in [5.74, 6) is -0.768. The third-order valence-electron chi connectivity index (χ3n) is 13.6. The Balaban J connectivity index is 0.673. The van der Waals surface area contributed by atoms with Gasteiger partial charge >= 0.3 is 0 Å². The second-order valence-corrected chi connectivity index (χ2v) is 25.2. The number of amides is 1. The van der Waals surface area contributed by atoms with Crippen molar-refractivity contribution in [3.8, 4) is 0 Å². The lowest BCUT2D eigenvalue weighted by Crippen LogP contribution is -2.31. The van der Waals surface area contributed by atoms with Crippen molar-refractivity contribution in [2.45, 2.75) is 54.0 Å². The maximum atomic E-state index is 13.3. The number of fused-ring (bicyclic) bond motifs is 2. The number of ketones is 1. The summed E-state index contributed by atoms with van der Waals surface area (Å²) >= 11 is 25.8. The third-order valence-corrected chi connectivity index (χ3v) is 18.0. The van der Waals surface area contributed by atoms with Crippen molar-refractivity contribution < 1.29 is 54.8 Å². The second kappa shape index (κ2) is 31.6. The van der Waals surface area contributed by atoms with Gasteiger partial charge in [0.15, 0.2) is 15.6 Å². The molecular weight excluding hydrogens is 1150 g/mol. The number of Topliss-reactive ketones (excluding diaryl/α,β-unsaturated/α-hetero) is 1. The van der Waals surface area contributed by atoms with Gasteiger partial charge in [0.1, 0.15) is 0 Å². The molecule has 0 aromatic heterocycles.